The van der Waals surface area contributed by atoms with E-state index in [2.05, 4.69) is 4.98 Å². The minimum Gasteiger partial charge on any atom is -0.505 e. The second kappa shape index (κ2) is 9.44. The molecular weight excluding hydrogens is 422 g/mol. The Morgan fingerprint density at radius 3 is 2.42 bits per heavy atom. The van der Waals surface area contributed by atoms with Gasteiger partial charge in [0.2, 0.25) is 0 Å². The van der Waals surface area contributed by atoms with E-state index < -0.39 is 17.7 Å². The van der Waals surface area contributed by atoms with E-state index in [0.717, 1.165) is 5.56 Å². The van der Waals surface area contributed by atoms with Crippen molar-refractivity contribution in [2.24, 2.45) is 13.0 Å². The van der Waals surface area contributed by atoms with Crippen molar-refractivity contribution in [3.63, 3.8) is 0 Å². The largest absolute Gasteiger partial charge is 0.505 e. The van der Waals surface area contributed by atoms with E-state index in [4.69, 9.17) is 4.74 Å². The number of fused-ring (bicyclic) bond motifs is 1. The number of carbonyl (C=O) groups excluding carboxylic acids is 3. The third kappa shape index (κ3) is 4.46. The zero-order valence-corrected chi connectivity index (χ0v) is 19.8. The van der Waals surface area contributed by atoms with Gasteiger partial charge in [-0.15, -0.1) is 0 Å². The number of aromatic nitrogens is 2. The fourth-order valence-corrected chi connectivity index (χ4v) is 3.87. The topological polar surface area (TPSA) is 102 Å². The van der Waals surface area contributed by atoms with Crippen LogP contribution in [0.2, 0.25) is 0 Å². The zero-order valence-electron chi connectivity index (χ0n) is 19.8. The van der Waals surface area contributed by atoms with Gasteiger partial charge in [-0.1, -0.05) is 24.3 Å². The van der Waals surface area contributed by atoms with Crippen LogP contribution in [0.3, 0.4) is 0 Å². The van der Waals surface area contributed by atoms with E-state index in [9.17, 15) is 19.5 Å². The van der Waals surface area contributed by atoms with Gasteiger partial charge in [-0.05, 0) is 38.8 Å². The van der Waals surface area contributed by atoms with E-state index in [-0.39, 0.29) is 35.8 Å². The normalized spacial score (nSPS) is 11.9. The van der Waals surface area contributed by atoms with Crippen molar-refractivity contribution in [1.29, 1.82) is 0 Å². The summed E-state index contributed by atoms with van der Waals surface area (Å²) in [5, 5.41) is 11.2. The molecule has 0 aliphatic carbocycles. The molecule has 8 heteroatoms. The molecule has 2 aromatic carbocycles. The quantitative estimate of drug-likeness (QED) is 0.336. The van der Waals surface area contributed by atoms with Crippen LogP contribution in [0.25, 0.3) is 11.0 Å². The van der Waals surface area contributed by atoms with Gasteiger partial charge in [0.1, 0.15) is 23.0 Å². The Hall–Kier alpha value is -3.68. The van der Waals surface area contributed by atoms with E-state index in [1.807, 2.05) is 6.07 Å². The molecule has 1 amide bonds. The van der Waals surface area contributed by atoms with Gasteiger partial charge in [0.25, 0.3) is 5.91 Å². The molecule has 0 saturated heterocycles. The van der Waals surface area contributed by atoms with Crippen molar-refractivity contribution in [2.45, 2.75) is 27.2 Å². The van der Waals surface area contributed by atoms with E-state index >= 15 is 0 Å². The summed E-state index contributed by atoms with van der Waals surface area (Å²) < 4.78 is 6.97. The molecule has 0 aliphatic heterocycles. The summed E-state index contributed by atoms with van der Waals surface area (Å²) in [5.74, 6) is -2.27. The molecule has 8 nitrogen and oxygen atoms in total. The van der Waals surface area contributed by atoms with Crippen LogP contribution in [0.5, 0.6) is 5.75 Å². The lowest BCUT2D eigenvalue weighted by atomic mass is 9.87. The number of nitrogens with zero attached hydrogens (tertiary/aromatic N) is 3. The molecule has 0 radical (unpaired) electrons. The number of benzene rings is 2. The average molecular weight is 452 g/mol. The lowest BCUT2D eigenvalue weighted by molar-refractivity contribution is -0.146. The number of phenolic OH excluding ortho intramolecular Hbond substituents is 1. The summed E-state index contributed by atoms with van der Waals surface area (Å²) in [6, 6.07) is 8.62. The van der Waals surface area contributed by atoms with Crippen molar-refractivity contribution >= 4 is 28.7 Å². The van der Waals surface area contributed by atoms with Gasteiger partial charge in [-0.25, -0.2) is 4.98 Å². The fourth-order valence-electron chi connectivity index (χ4n) is 3.87. The number of hydrogen-bond donors (Lipinski definition) is 1. The van der Waals surface area contributed by atoms with Crippen LogP contribution < -0.4 is 0 Å². The first kappa shape index (κ1) is 24.0. The first-order valence-electron chi connectivity index (χ1n) is 10.7. The average Bonchev–Trinajstić information content (AvgIpc) is 3.06. The smallest absolute Gasteiger partial charge is 0.317 e. The van der Waals surface area contributed by atoms with Crippen LogP contribution in [-0.4, -0.2) is 57.9 Å². The Bertz CT molecular complexity index is 1240. The monoisotopic (exact) mass is 451 g/mol. The second-order valence-corrected chi connectivity index (χ2v) is 8.22. The van der Waals surface area contributed by atoms with Crippen LogP contribution in [0, 0.1) is 19.8 Å². The van der Waals surface area contributed by atoms with E-state index in [1.54, 1.807) is 70.7 Å². The molecule has 3 aromatic rings. The Labute approximate surface area is 192 Å². The third-order valence-corrected chi connectivity index (χ3v) is 5.82. The highest BCUT2D eigenvalue weighted by Crippen LogP contribution is 2.35. The number of esters is 1. The van der Waals surface area contributed by atoms with Crippen molar-refractivity contribution in [1.82, 2.24) is 14.5 Å². The van der Waals surface area contributed by atoms with Crippen LogP contribution in [-0.2, 0) is 23.0 Å². The SMILES string of the molecule is CCOC(=O)C(Cc1c(C(=O)N(C)C)cc2c(nc(C)n2C)c1O)C(=O)c1ccccc1C. The number of ether oxygens (including phenoxy) is 1. The number of imidazole rings is 1. The van der Waals surface area contributed by atoms with Gasteiger partial charge >= 0.3 is 5.97 Å². The molecule has 174 valence electrons. The number of aryl methyl sites for hydroxylation is 3. The highest BCUT2D eigenvalue weighted by atomic mass is 16.5. The first-order chi connectivity index (χ1) is 15.6. The number of aromatic hydroxyl groups is 1. The Kier molecular flexibility index (Phi) is 6.86. The lowest BCUT2D eigenvalue weighted by Gasteiger charge is -2.20. The zero-order chi connectivity index (χ0) is 24.4. The molecule has 0 aliphatic rings. The molecule has 0 fully saturated rings. The van der Waals surface area contributed by atoms with Gasteiger partial charge in [-0.2, -0.15) is 0 Å². The van der Waals surface area contributed by atoms with Gasteiger partial charge in [0.15, 0.2) is 5.78 Å². The number of carbonyl (C=O) groups is 3. The van der Waals surface area contributed by atoms with Crippen LogP contribution >= 0.6 is 0 Å². The van der Waals surface area contributed by atoms with Gasteiger partial charge in [0.05, 0.1) is 12.1 Å². The van der Waals surface area contributed by atoms with E-state index in [0.29, 0.717) is 22.4 Å². The van der Waals surface area contributed by atoms with Crippen LogP contribution in [0.4, 0.5) is 0 Å². The number of hydrogen-bond acceptors (Lipinski definition) is 6. The second-order valence-electron chi connectivity index (χ2n) is 8.22. The Morgan fingerprint density at radius 2 is 1.82 bits per heavy atom. The van der Waals surface area contributed by atoms with Crippen molar-refractivity contribution < 1.29 is 24.2 Å². The standard InChI is InChI=1S/C25H29N3O5/c1-7-33-25(32)19(22(29)16-11-9-8-10-14(16)2)12-17-18(24(31)27(4)5)13-20-21(23(17)30)26-15(3)28(20)6/h8-11,13,19,30H,7,12H2,1-6H3. The van der Waals surface area contributed by atoms with Crippen LogP contribution in [0.15, 0.2) is 30.3 Å². The van der Waals surface area contributed by atoms with Gasteiger partial charge < -0.3 is 19.3 Å². The summed E-state index contributed by atoms with van der Waals surface area (Å²) in [6.07, 6.45) is -0.196. The minimum absolute atomic E-state index is 0.102. The summed E-state index contributed by atoms with van der Waals surface area (Å²) in [6.45, 7) is 5.34. The molecule has 3 rings (SSSR count). The molecule has 0 saturated carbocycles. The number of phenols is 1. The number of Topliss-reactive ketones (excluding diaryl/α,β-unsaturated/α-hetero) is 1. The molecule has 1 unspecified atom stereocenters. The maximum absolute atomic E-state index is 13.4. The molecule has 0 spiro atoms. The molecule has 1 aromatic heterocycles. The number of amides is 1. The highest BCUT2D eigenvalue weighted by molar-refractivity contribution is 6.10. The molecule has 1 N–H and O–H groups in total. The van der Waals surface area contributed by atoms with Gasteiger partial charge in [0, 0.05) is 37.8 Å². The molecular formula is C25H29N3O5. The predicted molar refractivity (Wildman–Crippen MR) is 124 cm³/mol. The highest BCUT2D eigenvalue weighted by Gasteiger charge is 2.34. The number of rotatable bonds is 7. The predicted octanol–water partition coefficient (Wildman–Crippen LogP) is 3.20. The number of ketones is 1. The summed E-state index contributed by atoms with van der Waals surface area (Å²) in [4.78, 5) is 45.1. The molecule has 1 atom stereocenters. The summed E-state index contributed by atoms with van der Waals surface area (Å²) in [7, 11) is 4.99. The van der Waals surface area contributed by atoms with Crippen LogP contribution in [0.1, 0.15) is 44.6 Å². The maximum Gasteiger partial charge on any atom is 0.317 e. The van der Waals surface area contributed by atoms with Gasteiger partial charge in [-0.3, -0.25) is 14.4 Å². The maximum atomic E-state index is 13.4. The minimum atomic E-state index is -1.23. The van der Waals surface area contributed by atoms with Crippen molar-refractivity contribution in [3.8, 4) is 5.75 Å². The Morgan fingerprint density at radius 1 is 1.15 bits per heavy atom. The summed E-state index contributed by atoms with van der Waals surface area (Å²) >= 11 is 0. The fraction of sp³-hybridized carbons (Fsp3) is 0.360. The first-order valence-corrected chi connectivity index (χ1v) is 10.7. The summed E-state index contributed by atoms with van der Waals surface area (Å²) in [5.41, 5.74) is 2.41. The third-order valence-electron chi connectivity index (χ3n) is 5.82. The van der Waals surface area contributed by atoms with E-state index in [1.165, 1.54) is 4.90 Å². The Balaban J connectivity index is 2.21. The van der Waals surface area contributed by atoms with Crippen molar-refractivity contribution in [3.05, 3.63) is 58.4 Å². The molecule has 33 heavy (non-hydrogen) atoms. The van der Waals surface area contributed by atoms with Crippen molar-refractivity contribution in [2.75, 3.05) is 20.7 Å². The molecule has 0 bridgehead atoms. The lowest BCUT2D eigenvalue weighted by Crippen LogP contribution is -2.30. The molecule has 1 heterocycles.